The molecule has 2 rings (SSSR count). The maximum absolute atomic E-state index is 12.4. The lowest BCUT2D eigenvalue weighted by Gasteiger charge is -2.29. The summed E-state index contributed by atoms with van der Waals surface area (Å²) >= 11 is 0. The summed E-state index contributed by atoms with van der Waals surface area (Å²) in [5.41, 5.74) is 3.86. The van der Waals surface area contributed by atoms with Crippen LogP contribution in [0.2, 0.25) is 0 Å². The molecule has 1 atom stereocenters. The zero-order chi connectivity index (χ0) is 17.0. The van der Waals surface area contributed by atoms with E-state index < -0.39 is 12.0 Å². The van der Waals surface area contributed by atoms with Crippen LogP contribution in [0.15, 0.2) is 29.5 Å². The molecule has 0 fully saturated rings. The van der Waals surface area contributed by atoms with Crippen molar-refractivity contribution in [1.82, 2.24) is 10.6 Å². The van der Waals surface area contributed by atoms with E-state index in [1.807, 2.05) is 32.0 Å². The van der Waals surface area contributed by atoms with Crippen LogP contribution in [0.1, 0.15) is 29.7 Å². The van der Waals surface area contributed by atoms with Crippen LogP contribution in [0.25, 0.3) is 0 Å². The van der Waals surface area contributed by atoms with Crippen LogP contribution in [-0.4, -0.2) is 32.3 Å². The maximum atomic E-state index is 12.4. The summed E-state index contributed by atoms with van der Waals surface area (Å²) < 4.78 is 10.1. The molecule has 124 valence electrons. The van der Waals surface area contributed by atoms with E-state index in [0.29, 0.717) is 17.9 Å². The summed E-state index contributed by atoms with van der Waals surface area (Å²) in [5, 5.41) is 5.44. The van der Waals surface area contributed by atoms with E-state index in [1.165, 1.54) is 0 Å². The zero-order valence-electron chi connectivity index (χ0n) is 13.9. The van der Waals surface area contributed by atoms with E-state index in [2.05, 4.69) is 10.6 Å². The summed E-state index contributed by atoms with van der Waals surface area (Å²) in [4.78, 5) is 24.3. The number of esters is 1. The highest BCUT2D eigenvalue weighted by Crippen LogP contribution is 2.30. The Morgan fingerprint density at radius 2 is 1.96 bits per heavy atom. The predicted molar refractivity (Wildman–Crippen MR) is 85.9 cm³/mol. The van der Waals surface area contributed by atoms with E-state index in [-0.39, 0.29) is 12.6 Å². The van der Waals surface area contributed by atoms with Crippen LogP contribution in [-0.2, 0) is 14.3 Å². The molecule has 0 spiro atoms. The Labute approximate surface area is 135 Å². The number of carbonyl (C=O) groups excluding carboxylic acids is 2. The highest BCUT2D eigenvalue weighted by molar-refractivity contribution is 5.95. The molecule has 6 nitrogen and oxygen atoms in total. The van der Waals surface area contributed by atoms with Crippen molar-refractivity contribution in [2.24, 2.45) is 0 Å². The number of hydrogen-bond donors (Lipinski definition) is 2. The minimum absolute atomic E-state index is 0.166. The molecule has 23 heavy (non-hydrogen) atoms. The lowest BCUT2D eigenvalue weighted by Crippen LogP contribution is -2.45. The molecule has 1 unspecified atom stereocenters. The van der Waals surface area contributed by atoms with Crippen molar-refractivity contribution < 1.29 is 19.1 Å². The number of amides is 2. The van der Waals surface area contributed by atoms with Crippen molar-refractivity contribution in [2.45, 2.75) is 26.8 Å². The molecule has 1 aliphatic heterocycles. The Kier molecular flexibility index (Phi) is 5.39. The number of benzene rings is 1. The van der Waals surface area contributed by atoms with Crippen molar-refractivity contribution in [2.75, 3.05) is 20.3 Å². The van der Waals surface area contributed by atoms with E-state index in [1.54, 1.807) is 14.0 Å². The number of rotatable bonds is 5. The number of nitrogens with one attached hydrogen (secondary N) is 2. The maximum Gasteiger partial charge on any atom is 0.338 e. The van der Waals surface area contributed by atoms with Crippen LogP contribution in [0.5, 0.6) is 0 Å². The SMILES string of the molecule is COCCOC(=O)C1=C(C)NC(=O)NC1c1cc(C)ccc1C. The number of urea groups is 1. The van der Waals surface area contributed by atoms with E-state index in [4.69, 9.17) is 9.47 Å². The van der Waals surface area contributed by atoms with Crippen LogP contribution in [0.4, 0.5) is 4.79 Å². The van der Waals surface area contributed by atoms with E-state index in [9.17, 15) is 9.59 Å². The first-order chi connectivity index (χ1) is 10.9. The molecule has 1 aromatic carbocycles. The monoisotopic (exact) mass is 318 g/mol. The molecule has 2 amide bonds. The highest BCUT2D eigenvalue weighted by Gasteiger charge is 2.32. The summed E-state index contributed by atoms with van der Waals surface area (Å²) in [6.07, 6.45) is 0. The van der Waals surface area contributed by atoms with Gasteiger partial charge in [-0.05, 0) is 31.9 Å². The lowest BCUT2D eigenvalue weighted by atomic mass is 9.91. The lowest BCUT2D eigenvalue weighted by molar-refractivity contribution is -0.140. The third kappa shape index (κ3) is 3.90. The molecule has 6 heteroatoms. The van der Waals surface area contributed by atoms with Crippen LogP contribution >= 0.6 is 0 Å². The van der Waals surface area contributed by atoms with Gasteiger partial charge in [-0.3, -0.25) is 0 Å². The van der Waals surface area contributed by atoms with Gasteiger partial charge in [0.15, 0.2) is 0 Å². The van der Waals surface area contributed by atoms with Crippen LogP contribution in [0, 0.1) is 13.8 Å². The Balaban J connectivity index is 2.38. The molecule has 0 radical (unpaired) electrons. The van der Waals surface area contributed by atoms with Gasteiger partial charge >= 0.3 is 12.0 Å². The molecular formula is C17H22N2O4. The molecule has 1 heterocycles. The van der Waals surface area contributed by atoms with Crippen molar-refractivity contribution in [3.63, 3.8) is 0 Å². The quantitative estimate of drug-likeness (QED) is 0.644. The second-order valence-corrected chi connectivity index (χ2v) is 5.56. The van der Waals surface area contributed by atoms with Gasteiger partial charge in [-0.2, -0.15) is 0 Å². The number of carbonyl (C=O) groups is 2. The molecule has 0 bridgehead atoms. The molecule has 0 aliphatic carbocycles. The fourth-order valence-electron chi connectivity index (χ4n) is 2.56. The van der Waals surface area contributed by atoms with Gasteiger partial charge in [-0.25, -0.2) is 9.59 Å². The van der Waals surface area contributed by atoms with E-state index in [0.717, 1.165) is 16.7 Å². The van der Waals surface area contributed by atoms with Crippen LogP contribution in [0.3, 0.4) is 0 Å². The van der Waals surface area contributed by atoms with Gasteiger partial charge in [0.2, 0.25) is 0 Å². The largest absolute Gasteiger partial charge is 0.460 e. The van der Waals surface area contributed by atoms with Gasteiger partial charge in [-0.1, -0.05) is 23.8 Å². The standard InChI is InChI=1S/C17H22N2O4/c1-10-5-6-11(2)13(9-10)15-14(12(3)18-17(21)19-15)16(20)23-8-7-22-4/h5-6,9,15H,7-8H2,1-4H3,(H2,18,19,21). The average molecular weight is 318 g/mol. The second-order valence-electron chi connectivity index (χ2n) is 5.56. The molecule has 0 saturated heterocycles. The van der Waals surface area contributed by atoms with Crippen molar-refractivity contribution in [3.8, 4) is 0 Å². The van der Waals surface area contributed by atoms with E-state index >= 15 is 0 Å². The van der Waals surface area contributed by atoms with Gasteiger partial charge in [0.1, 0.15) is 6.61 Å². The molecule has 1 aliphatic rings. The van der Waals surface area contributed by atoms with Gasteiger partial charge in [-0.15, -0.1) is 0 Å². The predicted octanol–water partition coefficient (Wildman–Crippen LogP) is 2.12. The smallest absolute Gasteiger partial charge is 0.338 e. The first-order valence-electron chi connectivity index (χ1n) is 7.45. The fourth-order valence-corrected chi connectivity index (χ4v) is 2.56. The summed E-state index contributed by atoms with van der Waals surface area (Å²) in [6, 6.07) is 5.08. The second kappa shape index (κ2) is 7.28. The highest BCUT2D eigenvalue weighted by atomic mass is 16.6. The number of hydrogen-bond acceptors (Lipinski definition) is 4. The van der Waals surface area contributed by atoms with Crippen molar-refractivity contribution in [1.29, 1.82) is 0 Å². The van der Waals surface area contributed by atoms with Gasteiger partial charge in [0, 0.05) is 12.8 Å². The topological polar surface area (TPSA) is 76.7 Å². The number of ether oxygens (including phenoxy) is 2. The first-order valence-corrected chi connectivity index (χ1v) is 7.45. The Hall–Kier alpha value is -2.34. The first kappa shape index (κ1) is 17.0. The minimum Gasteiger partial charge on any atom is -0.460 e. The Bertz CT molecular complexity index is 652. The minimum atomic E-state index is -0.529. The average Bonchev–Trinajstić information content (AvgIpc) is 2.49. The normalized spacial score (nSPS) is 17.6. The fraction of sp³-hybridized carbons (Fsp3) is 0.412. The molecule has 2 N–H and O–H groups in total. The summed E-state index contributed by atoms with van der Waals surface area (Å²) in [6.45, 7) is 6.11. The number of aryl methyl sites for hydroxylation is 2. The number of allylic oxidation sites excluding steroid dienone is 1. The molecule has 1 aromatic rings. The van der Waals surface area contributed by atoms with Gasteiger partial charge < -0.3 is 20.1 Å². The Morgan fingerprint density at radius 3 is 2.65 bits per heavy atom. The molecule has 0 saturated carbocycles. The van der Waals surface area contributed by atoms with Gasteiger partial charge in [0.25, 0.3) is 0 Å². The Morgan fingerprint density at radius 1 is 1.22 bits per heavy atom. The summed E-state index contributed by atoms with van der Waals surface area (Å²) in [7, 11) is 1.54. The van der Waals surface area contributed by atoms with Crippen molar-refractivity contribution >= 4 is 12.0 Å². The van der Waals surface area contributed by atoms with Crippen LogP contribution < -0.4 is 10.6 Å². The third-order valence-corrected chi connectivity index (χ3v) is 3.76. The summed E-state index contributed by atoms with van der Waals surface area (Å²) in [5.74, 6) is -0.460. The molecular weight excluding hydrogens is 296 g/mol. The number of methoxy groups -OCH3 is 1. The van der Waals surface area contributed by atoms with Gasteiger partial charge in [0.05, 0.1) is 18.2 Å². The third-order valence-electron chi connectivity index (χ3n) is 3.76. The molecule has 0 aromatic heterocycles. The zero-order valence-corrected chi connectivity index (χ0v) is 13.9. The van der Waals surface area contributed by atoms with Crippen molar-refractivity contribution in [3.05, 3.63) is 46.2 Å².